The summed E-state index contributed by atoms with van der Waals surface area (Å²) in [6.45, 7) is 0.242. The van der Waals surface area contributed by atoms with Crippen LogP contribution in [0.2, 0.25) is 0 Å². The molecule has 3 rings (SSSR count). The quantitative estimate of drug-likeness (QED) is 0.609. The third-order valence-electron chi connectivity index (χ3n) is 3.92. The first-order chi connectivity index (χ1) is 11.2. The van der Waals surface area contributed by atoms with Crippen molar-refractivity contribution in [3.05, 3.63) is 34.5 Å². The molecule has 0 spiro atoms. The highest BCUT2D eigenvalue weighted by molar-refractivity contribution is 7.80. The van der Waals surface area contributed by atoms with E-state index >= 15 is 0 Å². The SMILES string of the molecule is Cn1cc(C2=C[C@@H](CN)N3CC2N(OS(=O)(=O)O)C3=O)cnc1=O. The summed E-state index contributed by atoms with van der Waals surface area (Å²) in [5.74, 6) is 0. The van der Waals surface area contributed by atoms with Crippen molar-refractivity contribution in [3.8, 4) is 0 Å². The van der Waals surface area contributed by atoms with Crippen LogP contribution in [0.1, 0.15) is 5.56 Å². The van der Waals surface area contributed by atoms with Crippen LogP contribution in [0, 0.1) is 0 Å². The molecule has 1 saturated heterocycles. The third kappa shape index (κ3) is 2.80. The summed E-state index contributed by atoms with van der Waals surface area (Å²) in [6, 6.07) is -1.99. The minimum atomic E-state index is -4.87. The fourth-order valence-electron chi connectivity index (χ4n) is 2.84. The minimum Gasteiger partial charge on any atom is -0.328 e. The van der Waals surface area contributed by atoms with Gasteiger partial charge in [0.2, 0.25) is 0 Å². The van der Waals surface area contributed by atoms with Crippen molar-refractivity contribution < 1.29 is 22.0 Å². The maximum absolute atomic E-state index is 12.3. The van der Waals surface area contributed by atoms with Gasteiger partial charge in [0.25, 0.3) is 0 Å². The molecule has 0 aliphatic carbocycles. The summed E-state index contributed by atoms with van der Waals surface area (Å²) in [5.41, 5.74) is 6.26. The van der Waals surface area contributed by atoms with E-state index in [1.807, 2.05) is 0 Å². The summed E-state index contributed by atoms with van der Waals surface area (Å²) in [6.07, 6.45) is 4.53. The molecule has 0 aromatic carbocycles. The average molecular weight is 357 g/mol. The van der Waals surface area contributed by atoms with E-state index in [0.29, 0.717) is 16.2 Å². The second-order valence-electron chi connectivity index (χ2n) is 5.44. The van der Waals surface area contributed by atoms with Gasteiger partial charge >= 0.3 is 22.1 Å². The Morgan fingerprint density at radius 1 is 1.46 bits per heavy atom. The molecule has 2 amide bonds. The monoisotopic (exact) mass is 357 g/mol. The van der Waals surface area contributed by atoms with Crippen LogP contribution in [0.15, 0.2) is 23.3 Å². The number of aromatic nitrogens is 2. The van der Waals surface area contributed by atoms with E-state index in [4.69, 9.17) is 10.3 Å². The van der Waals surface area contributed by atoms with Gasteiger partial charge in [0, 0.05) is 31.5 Å². The van der Waals surface area contributed by atoms with E-state index in [1.54, 1.807) is 6.08 Å². The van der Waals surface area contributed by atoms with E-state index in [2.05, 4.69) is 9.27 Å². The van der Waals surface area contributed by atoms with Gasteiger partial charge in [-0.3, -0.25) is 4.55 Å². The van der Waals surface area contributed by atoms with Crippen molar-refractivity contribution >= 4 is 22.0 Å². The molecule has 24 heavy (non-hydrogen) atoms. The molecular weight excluding hydrogens is 342 g/mol. The highest BCUT2D eigenvalue weighted by atomic mass is 32.3. The first-order valence-corrected chi connectivity index (χ1v) is 8.29. The first kappa shape index (κ1) is 16.6. The standard InChI is InChI=1S/C12H15N5O6S/c1-15-5-7(4-14-11(15)18)9-2-8(3-13)16-6-10(9)17(12(16)19)23-24(20,21)22/h2,4-5,8,10H,3,6,13H2,1H3,(H,20,21,22)/t8-,10?/m0/s1. The predicted octanol–water partition coefficient (Wildman–Crippen LogP) is -1.65. The van der Waals surface area contributed by atoms with Crippen LogP contribution < -0.4 is 11.4 Å². The van der Waals surface area contributed by atoms with Gasteiger partial charge in [-0.15, -0.1) is 4.28 Å². The Labute approximate surface area is 136 Å². The number of rotatable bonds is 4. The van der Waals surface area contributed by atoms with Gasteiger partial charge < -0.3 is 15.2 Å². The van der Waals surface area contributed by atoms with Crippen molar-refractivity contribution in [2.45, 2.75) is 12.1 Å². The molecule has 0 saturated carbocycles. The van der Waals surface area contributed by atoms with Gasteiger partial charge in [0.15, 0.2) is 0 Å². The molecule has 12 heteroatoms. The second kappa shape index (κ2) is 5.66. The third-order valence-corrected chi connectivity index (χ3v) is 4.27. The predicted molar refractivity (Wildman–Crippen MR) is 80.7 cm³/mol. The molecule has 1 fully saturated rings. The zero-order valence-electron chi connectivity index (χ0n) is 12.6. The highest BCUT2D eigenvalue weighted by Gasteiger charge is 2.48. The number of nitrogens with two attached hydrogens (primary N) is 1. The van der Waals surface area contributed by atoms with Crippen molar-refractivity contribution in [1.82, 2.24) is 19.5 Å². The molecule has 0 radical (unpaired) electrons. The summed E-state index contributed by atoms with van der Waals surface area (Å²) in [5, 5.41) is 0.585. The van der Waals surface area contributed by atoms with Gasteiger partial charge in [0.05, 0.1) is 12.6 Å². The van der Waals surface area contributed by atoms with E-state index in [1.165, 1.54) is 28.9 Å². The molecule has 2 atom stereocenters. The minimum absolute atomic E-state index is 0.112. The van der Waals surface area contributed by atoms with Crippen LogP contribution in [0.25, 0.3) is 5.57 Å². The van der Waals surface area contributed by atoms with E-state index in [9.17, 15) is 18.0 Å². The molecule has 130 valence electrons. The number of hydrogen-bond donors (Lipinski definition) is 2. The van der Waals surface area contributed by atoms with E-state index < -0.39 is 34.2 Å². The Hall–Kier alpha value is -2.28. The fraction of sp³-hybridized carbons (Fsp3) is 0.417. The normalized spacial score (nSPS) is 23.6. The number of aryl methyl sites for hydroxylation is 1. The number of carbonyl (C=O) groups excluding carboxylic acids is 1. The molecule has 2 aliphatic rings. The van der Waals surface area contributed by atoms with Crippen LogP contribution in [0.4, 0.5) is 4.79 Å². The number of nitrogens with zero attached hydrogens (tertiary/aromatic N) is 4. The number of hydroxylamine groups is 2. The number of fused-ring (bicyclic) bond motifs is 2. The van der Waals surface area contributed by atoms with Crippen molar-refractivity contribution in [2.24, 2.45) is 12.8 Å². The number of urea groups is 1. The lowest BCUT2D eigenvalue weighted by molar-refractivity contribution is -0.0162. The number of carbonyl (C=O) groups is 1. The first-order valence-electron chi connectivity index (χ1n) is 6.93. The van der Waals surface area contributed by atoms with E-state index in [-0.39, 0.29) is 13.1 Å². The summed E-state index contributed by atoms with van der Waals surface area (Å²) in [7, 11) is -3.36. The molecule has 1 aromatic heterocycles. The Kier molecular flexibility index (Phi) is 3.91. The molecule has 11 nitrogen and oxygen atoms in total. The van der Waals surface area contributed by atoms with Crippen LogP contribution in [0.5, 0.6) is 0 Å². The summed E-state index contributed by atoms with van der Waals surface area (Å²) in [4.78, 5) is 28.8. The second-order valence-corrected chi connectivity index (χ2v) is 6.44. The molecule has 1 aromatic rings. The molecular formula is C12H15N5O6S. The summed E-state index contributed by atoms with van der Waals surface area (Å²) < 4.78 is 36.7. The smallest absolute Gasteiger partial charge is 0.328 e. The molecule has 3 N–H and O–H groups in total. The van der Waals surface area contributed by atoms with Gasteiger partial charge in [-0.25, -0.2) is 14.6 Å². The number of amides is 2. The molecule has 1 unspecified atom stereocenters. The average Bonchev–Trinajstić information content (AvgIpc) is 2.76. The Morgan fingerprint density at radius 3 is 2.75 bits per heavy atom. The van der Waals surface area contributed by atoms with Gasteiger partial charge in [0.1, 0.15) is 6.04 Å². The van der Waals surface area contributed by atoms with Crippen molar-refractivity contribution in [2.75, 3.05) is 13.1 Å². The largest absolute Gasteiger partial charge is 0.418 e. The van der Waals surface area contributed by atoms with Crippen LogP contribution in [-0.2, 0) is 21.7 Å². The molecule has 2 aliphatic heterocycles. The molecule has 2 bridgehead atoms. The Bertz CT molecular complexity index is 878. The summed E-state index contributed by atoms with van der Waals surface area (Å²) >= 11 is 0. The number of hydrogen-bond acceptors (Lipinski definition) is 7. The van der Waals surface area contributed by atoms with Gasteiger partial charge in [-0.1, -0.05) is 6.08 Å². The fourth-order valence-corrected chi connectivity index (χ4v) is 3.21. The highest BCUT2D eigenvalue weighted by Crippen LogP contribution is 2.35. The van der Waals surface area contributed by atoms with Gasteiger partial charge in [-0.05, 0) is 5.57 Å². The van der Waals surface area contributed by atoms with Crippen LogP contribution in [0.3, 0.4) is 0 Å². The van der Waals surface area contributed by atoms with Crippen molar-refractivity contribution in [3.63, 3.8) is 0 Å². The van der Waals surface area contributed by atoms with Crippen LogP contribution in [-0.4, -0.2) is 63.7 Å². The van der Waals surface area contributed by atoms with Crippen molar-refractivity contribution in [1.29, 1.82) is 0 Å². The lowest BCUT2D eigenvalue weighted by atomic mass is 9.95. The zero-order chi connectivity index (χ0) is 17.6. The maximum Gasteiger partial charge on any atom is 0.418 e. The van der Waals surface area contributed by atoms with Gasteiger partial charge in [-0.2, -0.15) is 13.5 Å². The van der Waals surface area contributed by atoms with E-state index in [0.717, 1.165) is 0 Å². The Morgan fingerprint density at radius 2 is 2.17 bits per heavy atom. The topological polar surface area (TPSA) is 148 Å². The lowest BCUT2D eigenvalue weighted by Gasteiger charge is -2.28. The molecule has 3 heterocycles. The van der Waals surface area contributed by atoms with Crippen LogP contribution >= 0.6 is 0 Å². The Balaban J connectivity index is 2.07. The zero-order valence-corrected chi connectivity index (χ0v) is 13.4. The lowest BCUT2D eigenvalue weighted by Crippen LogP contribution is -2.43. The maximum atomic E-state index is 12.3.